The third-order valence-electron chi connectivity index (χ3n) is 3.81. The van der Waals surface area contributed by atoms with Crippen molar-refractivity contribution in [3.05, 3.63) is 69.1 Å². The van der Waals surface area contributed by atoms with E-state index in [0.29, 0.717) is 4.88 Å². The van der Waals surface area contributed by atoms with Crippen LogP contribution in [0.2, 0.25) is 0 Å². The van der Waals surface area contributed by atoms with Crippen molar-refractivity contribution in [2.24, 2.45) is 4.99 Å². The molecule has 3 rings (SSSR count). The number of thiophene rings is 1. The summed E-state index contributed by atoms with van der Waals surface area (Å²) in [5, 5.41) is 10.9. The Bertz CT molecular complexity index is 1040. The molecular formula is C16H12N2O6S2. The summed E-state index contributed by atoms with van der Waals surface area (Å²) in [7, 11) is -4.32. The van der Waals surface area contributed by atoms with E-state index < -0.39 is 26.4 Å². The van der Waals surface area contributed by atoms with E-state index in [2.05, 4.69) is 4.99 Å². The highest BCUT2D eigenvalue weighted by atomic mass is 32.3. The highest BCUT2D eigenvalue weighted by Gasteiger charge is 2.38. The zero-order chi connectivity index (χ0) is 18.9. The fourth-order valence-corrected chi connectivity index (χ4v) is 4.41. The number of aliphatic imine (C=N–C) groups is 1. The minimum absolute atomic E-state index is 0.0711. The van der Waals surface area contributed by atoms with Crippen LogP contribution in [-0.4, -0.2) is 35.4 Å². The fraction of sp³-hybridized carbons (Fsp3) is 0.125. The van der Waals surface area contributed by atoms with Gasteiger partial charge in [-0.2, -0.15) is 8.42 Å². The van der Waals surface area contributed by atoms with Gasteiger partial charge in [0.25, 0.3) is 5.69 Å². The van der Waals surface area contributed by atoms with Crippen LogP contribution in [0, 0.1) is 10.1 Å². The van der Waals surface area contributed by atoms with Gasteiger partial charge in [0.15, 0.2) is 5.78 Å². The lowest BCUT2D eigenvalue weighted by atomic mass is 9.86. The second-order valence-corrected chi connectivity index (χ2v) is 8.39. The molecule has 8 nitrogen and oxygen atoms in total. The van der Waals surface area contributed by atoms with E-state index in [9.17, 15) is 23.3 Å². The van der Waals surface area contributed by atoms with E-state index in [0.717, 1.165) is 11.3 Å². The lowest BCUT2D eigenvalue weighted by Gasteiger charge is -2.22. The molecule has 0 spiro atoms. The van der Waals surface area contributed by atoms with Crippen LogP contribution in [0.25, 0.3) is 0 Å². The molecule has 0 aliphatic carbocycles. The molecule has 1 unspecified atom stereocenters. The van der Waals surface area contributed by atoms with Gasteiger partial charge < -0.3 is 0 Å². The van der Waals surface area contributed by atoms with Gasteiger partial charge in [0.2, 0.25) is 0 Å². The lowest BCUT2D eigenvalue weighted by Crippen LogP contribution is -2.35. The number of nitrogens with zero attached hydrogens (tertiary/aromatic N) is 2. The monoisotopic (exact) mass is 392 g/mol. The smallest absolute Gasteiger partial charge is 0.291 e. The second-order valence-electron chi connectivity index (χ2n) is 5.57. The lowest BCUT2D eigenvalue weighted by molar-refractivity contribution is -0.384. The predicted molar refractivity (Wildman–Crippen MR) is 95.6 cm³/mol. The van der Waals surface area contributed by atoms with Crippen LogP contribution in [0.15, 0.2) is 57.8 Å². The molecule has 0 saturated carbocycles. The van der Waals surface area contributed by atoms with E-state index in [-0.39, 0.29) is 21.9 Å². The number of nitro groups is 1. The van der Waals surface area contributed by atoms with E-state index in [1.54, 1.807) is 12.2 Å². The van der Waals surface area contributed by atoms with Crippen LogP contribution in [-0.2, 0) is 16.5 Å². The largest absolute Gasteiger partial charge is 0.304 e. The van der Waals surface area contributed by atoms with Gasteiger partial charge in [-0.1, -0.05) is 12.1 Å². The molecule has 0 radical (unpaired) electrons. The van der Waals surface area contributed by atoms with Gasteiger partial charge in [0.1, 0.15) is 9.75 Å². The van der Waals surface area contributed by atoms with Crippen molar-refractivity contribution in [1.82, 2.24) is 0 Å². The maximum Gasteiger partial charge on any atom is 0.304 e. The highest BCUT2D eigenvalue weighted by molar-refractivity contribution is 7.88. The first-order valence-corrected chi connectivity index (χ1v) is 9.55. The van der Waals surface area contributed by atoms with Gasteiger partial charge in [-0.25, -0.2) is 0 Å². The van der Waals surface area contributed by atoms with Crippen molar-refractivity contribution >= 4 is 39.1 Å². The Labute approximate surface area is 152 Å². The van der Waals surface area contributed by atoms with Gasteiger partial charge >= 0.3 is 10.1 Å². The van der Waals surface area contributed by atoms with Crippen LogP contribution in [0.5, 0.6) is 0 Å². The van der Waals surface area contributed by atoms with E-state index in [1.165, 1.54) is 42.6 Å². The average Bonchev–Trinajstić information content (AvgIpc) is 3.24. The highest BCUT2D eigenvalue weighted by Crippen LogP contribution is 2.32. The molecule has 0 saturated heterocycles. The van der Waals surface area contributed by atoms with Gasteiger partial charge in [0, 0.05) is 35.2 Å². The van der Waals surface area contributed by atoms with Gasteiger partial charge in [-0.15, -0.1) is 11.3 Å². The molecule has 1 aliphatic heterocycles. The first kappa shape index (κ1) is 18.1. The Morgan fingerprint density at radius 3 is 2.65 bits per heavy atom. The number of hydrogen-bond donors (Lipinski definition) is 1. The number of rotatable bonds is 6. The number of carbonyl (C=O) groups is 1. The summed E-state index contributed by atoms with van der Waals surface area (Å²) in [4.78, 5) is 28.1. The third-order valence-corrected chi connectivity index (χ3v) is 6.22. The molecule has 0 amide bonds. The van der Waals surface area contributed by atoms with Crippen molar-refractivity contribution in [3.63, 3.8) is 0 Å². The van der Waals surface area contributed by atoms with Crippen molar-refractivity contribution < 1.29 is 22.7 Å². The quantitative estimate of drug-likeness (QED) is 0.348. The molecule has 1 N–H and O–H groups in total. The van der Waals surface area contributed by atoms with Crippen molar-refractivity contribution in [1.29, 1.82) is 0 Å². The SMILES string of the molecule is O=C(c1cccc([N+](=O)[O-])c1)C1(Cc2ccc(S(=O)(=O)O)s2)C=CC=N1. The minimum Gasteiger partial charge on any atom is -0.291 e. The number of hydrogen-bond acceptors (Lipinski definition) is 7. The van der Waals surface area contributed by atoms with Crippen LogP contribution in [0.4, 0.5) is 5.69 Å². The zero-order valence-electron chi connectivity index (χ0n) is 13.1. The Balaban J connectivity index is 1.96. The molecule has 1 aromatic heterocycles. The summed E-state index contributed by atoms with van der Waals surface area (Å²) in [6.07, 6.45) is 4.68. The van der Waals surface area contributed by atoms with Gasteiger partial charge in [0.05, 0.1) is 4.92 Å². The number of ketones is 1. The Hall–Kier alpha value is -2.69. The molecule has 2 aromatic rings. The average molecular weight is 392 g/mol. The summed E-state index contributed by atoms with van der Waals surface area (Å²) in [5.41, 5.74) is -1.38. The van der Waals surface area contributed by atoms with Crippen LogP contribution in [0.3, 0.4) is 0 Å². The van der Waals surface area contributed by atoms with Crippen LogP contribution in [0.1, 0.15) is 15.2 Å². The molecule has 1 aromatic carbocycles. The summed E-state index contributed by atoms with van der Waals surface area (Å²) >= 11 is 0.840. The molecule has 134 valence electrons. The number of carbonyl (C=O) groups excluding carboxylic acids is 1. The molecule has 26 heavy (non-hydrogen) atoms. The fourth-order valence-electron chi connectivity index (χ4n) is 2.61. The molecular weight excluding hydrogens is 380 g/mol. The van der Waals surface area contributed by atoms with Crippen molar-refractivity contribution in [2.75, 3.05) is 0 Å². The van der Waals surface area contributed by atoms with E-state index in [1.807, 2.05) is 0 Å². The molecule has 0 fully saturated rings. The molecule has 0 bridgehead atoms. The second kappa shape index (κ2) is 6.56. The third kappa shape index (κ3) is 3.47. The first-order chi connectivity index (χ1) is 12.2. The summed E-state index contributed by atoms with van der Waals surface area (Å²) in [5.74, 6) is -0.437. The summed E-state index contributed by atoms with van der Waals surface area (Å²) < 4.78 is 31.3. The van der Waals surface area contributed by atoms with Crippen LogP contribution >= 0.6 is 11.3 Å². The molecule has 10 heteroatoms. The van der Waals surface area contributed by atoms with Gasteiger partial charge in [-0.3, -0.25) is 24.5 Å². The predicted octanol–water partition coefficient (Wildman–Crippen LogP) is 2.71. The summed E-state index contributed by atoms with van der Waals surface area (Å²) in [6, 6.07) is 8.11. The zero-order valence-corrected chi connectivity index (χ0v) is 14.7. The van der Waals surface area contributed by atoms with E-state index >= 15 is 0 Å². The van der Waals surface area contributed by atoms with E-state index in [4.69, 9.17) is 4.55 Å². The van der Waals surface area contributed by atoms with Gasteiger partial charge in [-0.05, 0) is 24.3 Å². The number of non-ortho nitro benzene ring substituents is 1. The Morgan fingerprint density at radius 1 is 1.31 bits per heavy atom. The summed E-state index contributed by atoms with van der Waals surface area (Å²) in [6.45, 7) is 0. The Kier molecular flexibility index (Phi) is 4.57. The van der Waals surface area contributed by atoms with Crippen molar-refractivity contribution in [3.8, 4) is 0 Å². The standard InChI is InChI=1S/C16H12N2O6S2/c19-15(11-3-1-4-12(9-11)18(20)21)16(7-2-8-17-16)10-13-5-6-14(25-13)26(22,23)24/h1-9H,10H2,(H,22,23,24). The minimum atomic E-state index is -4.32. The normalized spacial score (nSPS) is 19.0. The molecule has 1 aliphatic rings. The number of benzene rings is 1. The maximum absolute atomic E-state index is 13.0. The first-order valence-electron chi connectivity index (χ1n) is 7.30. The molecule has 2 heterocycles. The van der Waals surface area contributed by atoms with Crippen LogP contribution < -0.4 is 0 Å². The number of nitro benzene ring substituents is 1. The Morgan fingerprint density at radius 2 is 2.08 bits per heavy atom. The molecule has 1 atom stereocenters. The number of allylic oxidation sites excluding steroid dienone is 1. The number of Topliss-reactive ketones (excluding diaryl/α,β-unsaturated/α-hetero) is 1. The topological polar surface area (TPSA) is 127 Å². The maximum atomic E-state index is 13.0. The van der Waals surface area contributed by atoms with Crippen molar-refractivity contribution in [2.45, 2.75) is 16.2 Å².